The van der Waals surface area contributed by atoms with Crippen LogP contribution in [0.2, 0.25) is 0 Å². The topological polar surface area (TPSA) is 41.0 Å². The predicted octanol–water partition coefficient (Wildman–Crippen LogP) is 1.54. The Morgan fingerprint density at radius 3 is 2.64 bits per heavy atom. The first-order chi connectivity index (χ1) is 6.59. The summed E-state index contributed by atoms with van der Waals surface area (Å²) in [6.45, 7) is 5.43. The zero-order chi connectivity index (χ0) is 10.6. The fourth-order valence-electron chi connectivity index (χ4n) is 1.21. The quantitative estimate of drug-likeness (QED) is 0.807. The largest absolute Gasteiger partial charge is 0.356 e. The molecule has 80 valence electrons. The Bertz CT molecular complexity index is 245. The first kappa shape index (κ1) is 11.4. The van der Waals surface area contributed by atoms with E-state index in [9.17, 15) is 0 Å². The maximum atomic E-state index is 3.98. The number of aromatic nitrogens is 2. The number of anilines is 1. The van der Waals surface area contributed by atoms with Crippen molar-refractivity contribution >= 4 is 16.5 Å². The summed E-state index contributed by atoms with van der Waals surface area (Å²) in [5.74, 6) is 0.585. The molecule has 0 aliphatic carbocycles. The van der Waals surface area contributed by atoms with Gasteiger partial charge in [0.1, 0.15) is 5.51 Å². The van der Waals surface area contributed by atoms with Crippen LogP contribution < -0.4 is 5.32 Å². The Hall–Kier alpha value is -0.680. The molecule has 4 nitrogen and oxygen atoms in total. The van der Waals surface area contributed by atoms with Crippen LogP contribution >= 0.6 is 11.3 Å². The summed E-state index contributed by atoms with van der Waals surface area (Å²) in [5.41, 5.74) is 1.75. The number of likely N-dealkylation sites (N-methyl/N-ethyl adjacent to an activating group) is 1. The molecule has 1 aromatic rings. The summed E-state index contributed by atoms with van der Waals surface area (Å²) in [5, 5.41) is 12.1. The van der Waals surface area contributed by atoms with Crippen molar-refractivity contribution in [3.05, 3.63) is 5.51 Å². The van der Waals surface area contributed by atoms with E-state index in [0.29, 0.717) is 12.0 Å². The molecule has 0 amide bonds. The maximum absolute atomic E-state index is 3.98. The summed E-state index contributed by atoms with van der Waals surface area (Å²) in [7, 11) is 4.16. The smallest absolute Gasteiger partial charge is 0.205 e. The minimum Gasteiger partial charge on any atom is -0.356 e. The number of hydrogen-bond acceptors (Lipinski definition) is 5. The van der Waals surface area contributed by atoms with Crippen molar-refractivity contribution in [2.75, 3.05) is 26.0 Å². The molecule has 0 fully saturated rings. The van der Waals surface area contributed by atoms with Gasteiger partial charge in [-0.15, -0.1) is 10.2 Å². The van der Waals surface area contributed by atoms with Gasteiger partial charge in [0.05, 0.1) is 0 Å². The fourth-order valence-corrected chi connectivity index (χ4v) is 1.72. The van der Waals surface area contributed by atoms with E-state index in [-0.39, 0.29) is 0 Å². The normalized spacial score (nSPS) is 13.6. The number of nitrogens with one attached hydrogen (secondary N) is 1. The van der Waals surface area contributed by atoms with Crippen LogP contribution in [-0.2, 0) is 0 Å². The van der Waals surface area contributed by atoms with Crippen LogP contribution in [0.3, 0.4) is 0 Å². The van der Waals surface area contributed by atoms with Gasteiger partial charge in [-0.25, -0.2) is 0 Å². The Morgan fingerprint density at radius 2 is 2.21 bits per heavy atom. The molecule has 14 heavy (non-hydrogen) atoms. The van der Waals surface area contributed by atoms with Gasteiger partial charge in [0, 0.05) is 12.6 Å². The van der Waals surface area contributed by atoms with Crippen LogP contribution in [0.5, 0.6) is 0 Å². The third-order valence-electron chi connectivity index (χ3n) is 2.04. The van der Waals surface area contributed by atoms with Crippen molar-refractivity contribution in [3.8, 4) is 0 Å². The van der Waals surface area contributed by atoms with Gasteiger partial charge in [0.2, 0.25) is 5.13 Å². The summed E-state index contributed by atoms with van der Waals surface area (Å²) < 4.78 is 0. The fraction of sp³-hybridized carbons (Fsp3) is 0.778. The Morgan fingerprint density at radius 1 is 1.50 bits per heavy atom. The highest BCUT2D eigenvalue weighted by Gasteiger charge is 2.14. The zero-order valence-electron chi connectivity index (χ0n) is 9.19. The van der Waals surface area contributed by atoms with Crippen molar-refractivity contribution in [2.45, 2.75) is 19.9 Å². The molecule has 1 unspecified atom stereocenters. The summed E-state index contributed by atoms with van der Waals surface area (Å²) in [6.07, 6.45) is 0. The van der Waals surface area contributed by atoms with E-state index in [4.69, 9.17) is 0 Å². The summed E-state index contributed by atoms with van der Waals surface area (Å²) >= 11 is 1.54. The second-order valence-electron chi connectivity index (χ2n) is 4.00. The van der Waals surface area contributed by atoms with Gasteiger partial charge in [0.25, 0.3) is 0 Å². The first-order valence-electron chi connectivity index (χ1n) is 4.77. The lowest BCUT2D eigenvalue weighted by molar-refractivity contribution is 0.344. The van der Waals surface area contributed by atoms with Crippen LogP contribution in [0, 0.1) is 5.92 Å². The second kappa shape index (κ2) is 5.26. The molecular weight excluding hydrogens is 196 g/mol. The molecule has 1 atom stereocenters. The lowest BCUT2D eigenvalue weighted by atomic mass is 10.0. The average molecular weight is 214 g/mol. The lowest BCUT2D eigenvalue weighted by Gasteiger charge is -2.24. The van der Waals surface area contributed by atoms with Crippen LogP contribution in [0.4, 0.5) is 5.13 Å². The van der Waals surface area contributed by atoms with Crippen molar-refractivity contribution in [1.82, 2.24) is 15.1 Å². The van der Waals surface area contributed by atoms with E-state index in [1.54, 1.807) is 16.8 Å². The number of rotatable bonds is 5. The molecule has 0 radical (unpaired) electrons. The van der Waals surface area contributed by atoms with Crippen molar-refractivity contribution in [2.24, 2.45) is 5.92 Å². The molecule has 0 aliphatic rings. The minimum absolute atomic E-state index is 0.429. The van der Waals surface area contributed by atoms with Gasteiger partial charge in [0.15, 0.2) is 0 Å². The summed E-state index contributed by atoms with van der Waals surface area (Å²) in [4.78, 5) is 2.18. The molecule has 1 N–H and O–H groups in total. The molecule has 0 aromatic carbocycles. The Kier molecular flexibility index (Phi) is 4.28. The number of hydrogen-bond donors (Lipinski definition) is 1. The third-order valence-corrected chi connectivity index (χ3v) is 2.66. The number of nitrogens with zero attached hydrogens (tertiary/aromatic N) is 3. The van der Waals surface area contributed by atoms with Gasteiger partial charge in [-0.05, 0) is 20.0 Å². The van der Waals surface area contributed by atoms with Crippen molar-refractivity contribution < 1.29 is 0 Å². The average Bonchev–Trinajstić information content (AvgIpc) is 2.54. The molecule has 0 spiro atoms. The highest BCUT2D eigenvalue weighted by atomic mass is 32.1. The lowest BCUT2D eigenvalue weighted by Crippen LogP contribution is -2.36. The highest BCUT2D eigenvalue weighted by molar-refractivity contribution is 7.13. The maximum Gasteiger partial charge on any atom is 0.205 e. The molecule has 0 saturated carbocycles. The van der Waals surface area contributed by atoms with Crippen LogP contribution in [0.1, 0.15) is 13.8 Å². The van der Waals surface area contributed by atoms with E-state index in [1.165, 1.54) is 0 Å². The van der Waals surface area contributed by atoms with Gasteiger partial charge in [-0.2, -0.15) is 0 Å². The first-order valence-corrected chi connectivity index (χ1v) is 5.65. The highest BCUT2D eigenvalue weighted by Crippen LogP contribution is 2.14. The molecule has 1 aromatic heterocycles. The van der Waals surface area contributed by atoms with Gasteiger partial charge in [-0.3, -0.25) is 0 Å². The van der Waals surface area contributed by atoms with E-state index in [1.807, 2.05) is 0 Å². The van der Waals surface area contributed by atoms with Crippen molar-refractivity contribution in [1.29, 1.82) is 0 Å². The molecule has 0 saturated heterocycles. The van der Waals surface area contributed by atoms with Crippen LogP contribution in [0.25, 0.3) is 0 Å². The van der Waals surface area contributed by atoms with Crippen LogP contribution in [-0.4, -0.2) is 41.8 Å². The Labute approximate surface area is 89.3 Å². The predicted molar refractivity (Wildman–Crippen MR) is 60.7 cm³/mol. The monoisotopic (exact) mass is 214 g/mol. The molecule has 0 bridgehead atoms. The molecule has 1 heterocycles. The van der Waals surface area contributed by atoms with E-state index in [2.05, 4.69) is 48.4 Å². The van der Waals surface area contributed by atoms with E-state index < -0.39 is 0 Å². The molecule has 5 heteroatoms. The van der Waals surface area contributed by atoms with E-state index in [0.717, 1.165) is 11.7 Å². The second-order valence-corrected chi connectivity index (χ2v) is 4.83. The minimum atomic E-state index is 0.429. The van der Waals surface area contributed by atoms with Crippen LogP contribution in [0.15, 0.2) is 5.51 Å². The summed E-state index contributed by atoms with van der Waals surface area (Å²) in [6, 6.07) is 0.429. The standard InChI is InChI=1S/C9H18N4S/c1-7(2)8(5-13(3)4)11-9-12-10-6-14-9/h6-8H,5H2,1-4H3,(H,11,12). The van der Waals surface area contributed by atoms with Crippen molar-refractivity contribution in [3.63, 3.8) is 0 Å². The van der Waals surface area contributed by atoms with E-state index >= 15 is 0 Å². The molecule has 0 aliphatic heterocycles. The Balaban J connectivity index is 2.51. The van der Waals surface area contributed by atoms with Gasteiger partial charge in [-0.1, -0.05) is 25.2 Å². The molecular formula is C9H18N4S. The SMILES string of the molecule is CC(C)C(CN(C)C)Nc1nncs1. The third kappa shape index (κ3) is 3.59. The van der Waals surface area contributed by atoms with Gasteiger partial charge < -0.3 is 10.2 Å². The van der Waals surface area contributed by atoms with Gasteiger partial charge >= 0.3 is 0 Å². The molecule has 1 rings (SSSR count). The zero-order valence-corrected chi connectivity index (χ0v) is 10.0.